The molecule has 15 heavy (non-hydrogen) atoms. The van der Waals surface area contributed by atoms with Crippen LogP contribution in [0.3, 0.4) is 0 Å². The number of benzene rings is 1. The van der Waals surface area contributed by atoms with Crippen LogP contribution in [0.25, 0.3) is 0 Å². The van der Waals surface area contributed by atoms with E-state index in [1.807, 2.05) is 0 Å². The fourth-order valence-corrected chi connectivity index (χ4v) is 2.12. The number of hydrogen-bond acceptors (Lipinski definition) is 5. The second-order valence-electron chi connectivity index (χ2n) is 2.47. The molecule has 1 aromatic rings. The van der Waals surface area contributed by atoms with Gasteiger partial charge in [-0.3, -0.25) is 10.1 Å². The van der Waals surface area contributed by atoms with Crippen molar-refractivity contribution in [1.82, 2.24) is 0 Å². The smallest absolute Gasteiger partial charge is 0.313 e. The SMILES string of the molecule is O=[N+]([O-])c1cc(Cl)cc(S(=O)(=O)Cl)c1O. The summed E-state index contributed by atoms with van der Waals surface area (Å²) in [6.45, 7) is 0. The summed E-state index contributed by atoms with van der Waals surface area (Å²) in [5, 5.41) is 19.4. The Balaban J connectivity index is 3.63. The van der Waals surface area contributed by atoms with Gasteiger partial charge in [0.05, 0.1) is 4.92 Å². The molecule has 1 N–H and O–H groups in total. The number of phenolic OH excluding ortho intramolecular Hbond substituents is 1. The zero-order chi connectivity index (χ0) is 11.8. The molecular formula is C6H3Cl2NO5S. The summed E-state index contributed by atoms with van der Waals surface area (Å²) in [5.41, 5.74) is -0.818. The lowest BCUT2D eigenvalue weighted by molar-refractivity contribution is -0.386. The Hall–Kier alpha value is -1.05. The van der Waals surface area contributed by atoms with Crippen LogP contribution in [0.2, 0.25) is 5.02 Å². The van der Waals surface area contributed by atoms with E-state index in [0.717, 1.165) is 12.1 Å². The van der Waals surface area contributed by atoms with E-state index in [4.69, 9.17) is 22.3 Å². The Morgan fingerprint density at radius 2 is 1.93 bits per heavy atom. The lowest BCUT2D eigenvalue weighted by Gasteiger charge is -2.02. The van der Waals surface area contributed by atoms with Crippen molar-refractivity contribution < 1.29 is 18.4 Å². The first kappa shape index (κ1) is 12.0. The fourth-order valence-electron chi connectivity index (χ4n) is 0.885. The topological polar surface area (TPSA) is 97.5 Å². The standard InChI is InChI=1S/C6H3Cl2NO5S/c7-3-1-4(9(11)12)6(10)5(2-3)15(8,13)14/h1-2,10H. The number of rotatable bonds is 2. The number of halogens is 2. The first-order valence-corrected chi connectivity index (χ1v) is 6.04. The van der Waals surface area contributed by atoms with E-state index in [9.17, 15) is 23.6 Å². The van der Waals surface area contributed by atoms with Crippen molar-refractivity contribution in [2.75, 3.05) is 0 Å². The van der Waals surface area contributed by atoms with E-state index in [1.165, 1.54) is 0 Å². The van der Waals surface area contributed by atoms with Crippen LogP contribution < -0.4 is 0 Å². The van der Waals surface area contributed by atoms with Gasteiger partial charge < -0.3 is 5.11 Å². The van der Waals surface area contributed by atoms with E-state index in [2.05, 4.69) is 0 Å². The Labute approximate surface area is 93.6 Å². The van der Waals surface area contributed by atoms with E-state index >= 15 is 0 Å². The third kappa shape index (κ3) is 2.49. The molecule has 0 heterocycles. The molecule has 0 saturated heterocycles. The summed E-state index contributed by atoms with van der Waals surface area (Å²) < 4.78 is 21.8. The average Bonchev–Trinajstić information content (AvgIpc) is 2.06. The molecule has 1 aromatic carbocycles. The molecule has 6 nitrogen and oxygen atoms in total. The Morgan fingerprint density at radius 1 is 1.40 bits per heavy atom. The van der Waals surface area contributed by atoms with Crippen molar-refractivity contribution in [2.24, 2.45) is 0 Å². The van der Waals surface area contributed by atoms with Crippen molar-refractivity contribution in [2.45, 2.75) is 4.90 Å². The molecule has 0 aliphatic rings. The Morgan fingerprint density at radius 3 is 2.33 bits per heavy atom. The molecule has 0 atom stereocenters. The van der Waals surface area contributed by atoms with Crippen LogP contribution in [0.5, 0.6) is 5.75 Å². The molecule has 0 bridgehead atoms. The van der Waals surface area contributed by atoms with E-state index in [-0.39, 0.29) is 5.02 Å². The van der Waals surface area contributed by atoms with Gasteiger partial charge in [0.25, 0.3) is 9.05 Å². The van der Waals surface area contributed by atoms with E-state index in [0.29, 0.717) is 0 Å². The van der Waals surface area contributed by atoms with Crippen LogP contribution in [-0.4, -0.2) is 18.4 Å². The summed E-state index contributed by atoms with van der Waals surface area (Å²) in [4.78, 5) is 8.65. The number of aromatic hydroxyl groups is 1. The molecule has 0 radical (unpaired) electrons. The van der Waals surface area contributed by atoms with Crippen molar-refractivity contribution in [3.8, 4) is 5.75 Å². The molecule has 0 aliphatic heterocycles. The van der Waals surface area contributed by atoms with Crippen LogP contribution in [0.15, 0.2) is 17.0 Å². The molecule has 0 saturated carbocycles. The molecule has 0 amide bonds. The molecule has 0 aromatic heterocycles. The summed E-state index contributed by atoms with van der Waals surface area (Å²) in [5.74, 6) is -1.03. The van der Waals surface area contributed by atoms with Crippen LogP contribution in [-0.2, 0) is 9.05 Å². The van der Waals surface area contributed by atoms with Gasteiger partial charge in [0.2, 0.25) is 5.75 Å². The molecule has 82 valence electrons. The highest BCUT2D eigenvalue weighted by Crippen LogP contribution is 2.37. The molecule has 0 aliphatic carbocycles. The zero-order valence-electron chi connectivity index (χ0n) is 6.85. The van der Waals surface area contributed by atoms with Crippen molar-refractivity contribution in [3.05, 3.63) is 27.3 Å². The van der Waals surface area contributed by atoms with Crippen molar-refractivity contribution in [3.63, 3.8) is 0 Å². The maximum atomic E-state index is 10.9. The zero-order valence-corrected chi connectivity index (χ0v) is 9.17. The lowest BCUT2D eigenvalue weighted by atomic mass is 10.3. The molecular weight excluding hydrogens is 269 g/mol. The predicted octanol–water partition coefficient (Wildman–Crippen LogP) is 1.88. The lowest BCUT2D eigenvalue weighted by Crippen LogP contribution is -1.96. The Bertz CT molecular complexity index is 527. The van der Waals surface area contributed by atoms with Gasteiger partial charge in [-0.15, -0.1) is 0 Å². The number of hydrogen-bond donors (Lipinski definition) is 1. The third-order valence-corrected chi connectivity index (χ3v) is 3.03. The van der Waals surface area contributed by atoms with Crippen LogP contribution in [0, 0.1) is 10.1 Å². The minimum atomic E-state index is -4.28. The fraction of sp³-hybridized carbons (Fsp3) is 0. The first-order chi connectivity index (χ1) is 6.73. The number of nitro benzene ring substituents is 1. The van der Waals surface area contributed by atoms with Gasteiger partial charge in [0, 0.05) is 21.8 Å². The molecule has 0 unspecified atom stereocenters. The summed E-state index contributed by atoms with van der Waals surface area (Å²) in [7, 11) is 0.665. The van der Waals surface area contributed by atoms with Gasteiger partial charge in [-0.1, -0.05) is 11.6 Å². The average molecular weight is 272 g/mol. The summed E-state index contributed by atoms with van der Waals surface area (Å²) in [6.07, 6.45) is 0. The summed E-state index contributed by atoms with van der Waals surface area (Å²) >= 11 is 5.43. The van der Waals surface area contributed by atoms with Gasteiger partial charge in [-0.05, 0) is 6.07 Å². The minimum absolute atomic E-state index is 0.210. The molecule has 0 fully saturated rings. The van der Waals surface area contributed by atoms with Gasteiger partial charge in [-0.2, -0.15) is 0 Å². The quantitative estimate of drug-likeness (QED) is 0.503. The van der Waals surface area contributed by atoms with Crippen LogP contribution in [0.4, 0.5) is 5.69 Å². The normalized spacial score (nSPS) is 11.3. The predicted molar refractivity (Wildman–Crippen MR) is 52.8 cm³/mol. The van der Waals surface area contributed by atoms with Gasteiger partial charge in [0.15, 0.2) is 0 Å². The largest absolute Gasteiger partial charge is 0.501 e. The van der Waals surface area contributed by atoms with Crippen molar-refractivity contribution in [1.29, 1.82) is 0 Å². The number of nitrogens with zero attached hydrogens (tertiary/aromatic N) is 1. The second-order valence-corrected chi connectivity index (χ2v) is 5.44. The maximum Gasteiger partial charge on any atom is 0.313 e. The third-order valence-electron chi connectivity index (χ3n) is 1.48. The van der Waals surface area contributed by atoms with E-state index < -0.39 is 30.3 Å². The highest BCUT2D eigenvalue weighted by atomic mass is 35.7. The van der Waals surface area contributed by atoms with Crippen molar-refractivity contribution >= 4 is 37.0 Å². The van der Waals surface area contributed by atoms with Gasteiger partial charge >= 0.3 is 5.69 Å². The van der Waals surface area contributed by atoms with Crippen LogP contribution >= 0.6 is 22.3 Å². The van der Waals surface area contributed by atoms with Gasteiger partial charge in [-0.25, -0.2) is 8.42 Å². The minimum Gasteiger partial charge on any atom is -0.501 e. The highest BCUT2D eigenvalue weighted by molar-refractivity contribution is 8.13. The second kappa shape index (κ2) is 3.84. The number of phenols is 1. The molecule has 1 rings (SSSR count). The van der Waals surface area contributed by atoms with E-state index in [1.54, 1.807) is 0 Å². The molecule has 0 spiro atoms. The number of nitro groups is 1. The van der Waals surface area contributed by atoms with Gasteiger partial charge in [0.1, 0.15) is 4.90 Å². The summed E-state index contributed by atoms with van der Waals surface area (Å²) in [6, 6.07) is 1.65. The molecule has 9 heteroatoms. The Kier molecular flexibility index (Phi) is 3.08. The van der Waals surface area contributed by atoms with Crippen LogP contribution in [0.1, 0.15) is 0 Å². The maximum absolute atomic E-state index is 10.9. The first-order valence-electron chi connectivity index (χ1n) is 3.35. The highest BCUT2D eigenvalue weighted by Gasteiger charge is 2.25. The monoisotopic (exact) mass is 271 g/mol.